The number of benzene rings is 2. The van der Waals surface area contributed by atoms with E-state index in [-0.39, 0.29) is 23.1 Å². The predicted octanol–water partition coefficient (Wildman–Crippen LogP) is 3.67. The van der Waals surface area contributed by atoms with Crippen LogP contribution in [-0.4, -0.2) is 23.1 Å². The lowest BCUT2D eigenvalue weighted by Crippen LogP contribution is -2.40. The number of anilines is 1. The van der Waals surface area contributed by atoms with Gasteiger partial charge < -0.3 is 10.6 Å². The van der Waals surface area contributed by atoms with Crippen molar-refractivity contribution in [2.24, 2.45) is 0 Å². The smallest absolute Gasteiger partial charge is 0.255 e. The van der Waals surface area contributed by atoms with Crippen LogP contribution in [0.1, 0.15) is 58.8 Å². The molecule has 0 atom stereocenters. The maximum atomic E-state index is 12.4. The SMILES string of the molecule is CC(=O)c1cccc(NC(=O)c2cccc(C(=O)NC(C)(C)C)c2)c1. The van der Waals surface area contributed by atoms with E-state index < -0.39 is 0 Å². The van der Waals surface area contributed by atoms with Crippen molar-refractivity contribution in [2.45, 2.75) is 33.2 Å². The summed E-state index contributed by atoms with van der Waals surface area (Å²) in [5.74, 6) is -0.649. The first-order valence-corrected chi connectivity index (χ1v) is 8.01. The molecule has 0 radical (unpaired) electrons. The van der Waals surface area contributed by atoms with E-state index in [2.05, 4.69) is 10.6 Å². The van der Waals surface area contributed by atoms with Crippen LogP contribution in [0.3, 0.4) is 0 Å². The molecular formula is C20H22N2O3. The fourth-order valence-electron chi connectivity index (χ4n) is 2.23. The third-order valence-electron chi connectivity index (χ3n) is 3.40. The minimum atomic E-state index is -0.359. The molecule has 0 aliphatic heterocycles. The van der Waals surface area contributed by atoms with Gasteiger partial charge in [-0.1, -0.05) is 18.2 Å². The van der Waals surface area contributed by atoms with Crippen LogP contribution in [0.2, 0.25) is 0 Å². The zero-order chi connectivity index (χ0) is 18.6. The largest absolute Gasteiger partial charge is 0.347 e. The van der Waals surface area contributed by atoms with E-state index in [1.807, 2.05) is 20.8 Å². The molecule has 5 nitrogen and oxygen atoms in total. The quantitative estimate of drug-likeness (QED) is 0.835. The van der Waals surface area contributed by atoms with E-state index in [4.69, 9.17) is 0 Å². The Morgan fingerprint density at radius 1 is 0.800 bits per heavy atom. The van der Waals surface area contributed by atoms with Gasteiger partial charge in [0.05, 0.1) is 0 Å². The molecule has 0 unspecified atom stereocenters. The molecule has 2 rings (SSSR count). The molecule has 2 amide bonds. The molecule has 0 aromatic heterocycles. The van der Waals surface area contributed by atoms with Gasteiger partial charge in [0, 0.05) is 27.9 Å². The molecule has 2 aromatic rings. The highest BCUT2D eigenvalue weighted by Gasteiger charge is 2.16. The molecule has 0 fully saturated rings. The topological polar surface area (TPSA) is 75.3 Å². The summed E-state index contributed by atoms with van der Waals surface area (Å²) in [4.78, 5) is 36.1. The van der Waals surface area contributed by atoms with Gasteiger partial charge in [-0.15, -0.1) is 0 Å². The summed E-state index contributed by atoms with van der Waals surface area (Å²) in [6.07, 6.45) is 0. The lowest BCUT2D eigenvalue weighted by molar-refractivity contribution is 0.0918. The number of Topliss-reactive ketones (excluding diaryl/α,β-unsaturated/α-hetero) is 1. The van der Waals surface area contributed by atoms with Crippen LogP contribution in [0.5, 0.6) is 0 Å². The molecule has 2 N–H and O–H groups in total. The van der Waals surface area contributed by atoms with E-state index in [9.17, 15) is 14.4 Å². The fourth-order valence-corrected chi connectivity index (χ4v) is 2.23. The second-order valence-electron chi connectivity index (χ2n) is 6.88. The van der Waals surface area contributed by atoms with E-state index in [1.165, 1.54) is 6.92 Å². The van der Waals surface area contributed by atoms with Crippen LogP contribution in [0, 0.1) is 0 Å². The number of rotatable bonds is 4. The van der Waals surface area contributed by atoms with Gasteiger partial charge in [-0.25, -0.2) is 0 Å². The lowest BCUT2D eigenvalue weighted by atomic mass is 10.1. The van der Waals surface area contributed by atoms with Crippen molar-refractivity contribution in [3.05, 3.63) is 65.2 Å². The predicted molar refractivity (Wildman–Crippen MR) is 98.1 cm³/mol. The van der Waals surface area contributed by atoms with Crippen LogP contribution in [-0.2, 0) is 0 Å². The maximum Gasteiger partial charge on any atom is 0.255 e. The summed E-state index contributed by atoms with van der Waals surface area (Å²) in [5.41, 5.74) is 1.48. The molecule has 2 aromatic carbocycles. The number of carbonyl (C=O) groups is 3. The molecule has 0 heterocycles. The highest BCUT2D eigenvalue weighted by Crippen LogP contribution is 2.14. The second-order valence-corrected chi connectivity index (χ2v) is 6.88. The van der Waals surface area contributed by atoms with E-state index in [0.29, 0.717) is 22.4 Å². The molecule has 25 heavy (non-hydrogen) atoms. The third kappa shape index (κ3) is 5.28. The average Bonchev–Trinajstić information content (AvgIpc) is 2.53. The number of nitrogens with one attached hydrogen (secondary N) is 2. The number of hydrogen-bond acceptors (Lipinski definition) is 3. The van der Waals surface area contributed by atoms with Gasteiger partial charge in [0.1, 0.15) is 0 Å². The van der Waals surface area contributed by atoms with Gasteiger partial charge in [0.15, 0.2) is 5.78 Å². The van der Waals surface area contributed by atoms with Crippen LogP contribution in [0.4, 0.5) is 5.69 Å². The Hall–Kier alpha value is -2.95. The van der Waals surface area contributed by atoms with Gasteiger partial charge in [0.2, 0.25) is 0 Å². The Bertz CT molecular complexity index is 820. The minimum absolute atomic E-state index is 0.0723. The van der Waals surface area contributed by atoms with Crippen LogP contribution < -0.4 is 10.6 Å². The van der Waals surface area contributed by atoms with Gasteiger partial charge in [-0.2, -0.15) is 0 Å². The molecule has 0 aliphatic rings. The molecule has 0 saturated heterocycles. The molecule has 5 heteroatoms. The van der Waals surface area contributed by atoms with Crippen LogP contribution >= 0.6 is 0 Å². The Balaban J connectivity index is 2.17. The highest BCUT2D eigenvalue weighted by atomic mass is 16.2. The lowest BCUT2D eigenvalue weighted by Gasteiger charge is -2.20. The van der Waals surface area contributed by atoms with Gasteiger partial charge in [0.25, 0.3) is 11.8 Å². The minimum Gasteiger partial charge on any atom is -0.347 e. The van der Waals surface area contributed by atoms with Crippen molar-refractivity contribution in [1.29, 1.82) is 0 Å². The molecule has 0 bridgehead atoms. The summed E-state index contributed by atoms with van der Waals surface area (Å²) in [6.45, 7) is 7.15. The summed E-state index contributed by atoms with van der Waals surface area (Å²) in [6, 6.07) is 13.2. The summed E-state index contributed by atoms with van der Waals surface area (Å²) in [7, 11) is 0. The zero-order valence-corrected chi connectivity index (χ0v) is 14.8. The second kappa shape index (κ2) is 7.30. The summed E-state index contributed by atoms with van der Waals surface area (Å²) < 4.78 is 0. The van der Waals surface area contributed by atoms with E-state index >= 15 is 0 Å². The zero-order valence-electron chi connectivity index (χ0n) is 14.8. The standard InChI is InChI=1S/C20H22N2O3/c1-13(23)14-7-6-10-17(12-14)21-18(24)15-8-5-9-16(11-15)19(25)22-20(2,3)4/h5-12H,1-4H3,(H,21,24)(H,22,25). The normalized spacial score (nSPS) is 10.9. The van der Waals surface area contributed by atoms with Crippen molar-refractivity contribution in [3.8, 4) is 0 Å². The number of amides is 2. The third-order valence-corrected chi connectivity index (χ3v) is 3.40. The van der Waals surface area contributed by atoms with Crippen LogP contribution in [0.15, 0.2) is 48.5 Å². The van der Waals surface area contributed by atoms with Crippen molar-refractivity contribution in [3.63, 3.8) is 0 Å². The van der Waals surface area contributed by atoms with Gasteiger partial charge in [-0.05, 0) is 58.0 Å². The summed E-state index contributed by atoms with van der Waals surface area (Å²) in [5, 5.41) is 5.61. The Morgan fingerprint density at radius 3 is 1.96 bits per heavy atom. The molecule has 130 valence electrons. The monoisotopic (exact) mass is 338 g/mol. The fraction of sp³-hybridized carbons (Fsp3) is 0.250. The number of ketones is 1. The van der Waals surface area contributed by atoms with Crippen molar-refractivity contribution < 1.29 is 14.4 Å². The Labute approximate surface area is 147 Å². The van der Waals surface area contributed by atoms with Crippen molar-refractivity contribution >= 4 is 23.3 Å². The van der Waals surface area contributed by atoms with E-state index in [1.54, 1.807) is 48.5 Å². The van der Waals surface area contributed by atoms with Crippen LogP contribution in [0.25, 0.3) is 0 Å². The van der Waals surface area contributed by atoms with Crippen molar-refractivity contribution in [1.82, 2.24) is 5.32 Å². The first-order chi connectivity index (χ1) is 11.7. The first kappa shape index (κ1) is 18.4. The van der Waals surface area contributed by atoms with Crippen molar-refractivity contribution in [2.75, 3.05) is 5.32 Å². The summed E-state index contributed by atoms with van der Waals surface area (Å²) >= 11 is 0. The molecule has 0 saturated carbocycles. The first-order valence-electron chi connectivity index (χ1n) is 8.01. The Morgan fingerprint density at radius 2 is 1.36 bits per heavy atom. The van der Waals surface area contributed by atoms with Gasteiger partial charge in [-0.3, -0.25) is 14.4 Å². The molecule has 0 spiro atoms. The number of hydrogen-bond donors (Lipinski definition) is 2. The Kier molecular flexibility index (Phi) is 5.37. The molecular weight excluding hydrogens is 316 g/mol. The van der Waals surface area contributed by atoms with Gasteiger partial charge >= 0.3 is 0 Å². The highest BCUT2D eigenvalue weighted by molar-refractivity contribution is 6.06. The number of carbonyl (C=O) groups excluding carboxylic acids is 3. The molecule has 0 aliphatic carbocycles. The van der Waals surface area contributed by atoms with E-state index in [0.717, 1.165) is 0 Å². The maximum absolute atomic E-state index is 12.4. The average molecular weight is 338 g/mol.